The second kappa shape index (κ2) is 25.7. The van der Waals surface area contributed by atoms with Crippen molar-refractivity contribution >= 4 is 17.9 Å². The highest BCUT2D eigenvalue weighted by Gasteiger charge is 2.86. The molecule has 15 N–H and O–H groups in total. The summed E-state index contributed by atoms with van der Waals surface area (Å²) in [6.45, 7) is 19.5. The van der Waals surface area contributed by atoms with Crippen molar-refractivity contribution in [3.8, 4) is 0 Å². The number of allylic oxidation sites excluding steroid dienone is 2. The Morgan fingerprint density at radius 1 is 0.554 bits per heavy atom. The maximum absolute atomic E-state index is 14.0. The first-order valence-corrected chi connectivity index (χ1v) is 32.5. The van der Waals surface area contributed by atoms with Gasteiger partial charge in [-0.1, -0.05) is 60.6 Å². The molecule has 10 rings (SSSR count). The van der Waals surface area contributed by atoms with E-state index in [-0.39, 0.29) is 30.3 Å². The molecule has 10 fully saturated rings. The third-order valence-corrected chi connectivity index (χ3v) is 25.0. The number of hydrogen-bond donors (Lipinski definition) is 15. The largest absolute Gasteiger partial charge is 0.479 e. The zero-order chi connectivity index (χ0) is 67.8. The van der Waals surface area contributed by atoms with Gasteiger partial charge in [-0.15, -0.1) is 0 Å². The van der Waals surface area contributed by atoms with Crippen LogP contribution in [0.4, 0.5) is 0 Å². The zero-order valence-corrected chi connectivity index (χ0v) is 54.1. The minimum Gasteiger partial charge on any atom is -0.479 e. The Kier molecular flexibility index (Phi) is 20.1. The molecule has 4 heterocycles. The van der Waals surface area contributed by atoms with E-state index in [4.69, 9.17) is 47.4 Å². The summed E-state index contributed by atoms with van der Waals surface area (Å²) in [5.41, 5.74) is -5.75. The number of aliphatic hydroxyl groups is 14. The lowest BCUT2D eigenvalue weighted by Gasteiger charge is -2.75. The van der Waals surface area contributed by atoms with Gasteiger partial charge in [-0.3, -0.25) is 0 Å². The van der Waals surface area contributed by atoms with Gasteiger partial charge in [0.05, 0.1) is 42.0 Å². The van der Waals surface area contributed by atoms with Crippen molar-refractivity contribution in [3.05, 3.63) is 23.3 Å². The number of ether oxygens (including phenoxy) is 10. The number of carbonyl (C=O) groups is 3. The Bertz CT molecular complexity index is 2760. The highest BCUT2D eigenvalue weighted by molar-refractivity contribution is 5.89. The molecule has 6 aliphatic carbocycles. The minimum atomic E-state index is -2.28. The molecule has 0 aromatic rings. The molecule has 0 radical (unpaired) electrons. The van der Waals surface area contributed by atoms with Crippen LogP contribution in [0.25, 0.3) is 0 Å². The number of fused-ring (bicyclic) bond motifs is 4. The van der Waals surface area contributed by atoms with Crippen LogP contribution in [-0.2, 0) is 61.8 Å². The molecular weight excluding hydrogens is 1220 g/mol. The average molecular weight is 1320 g/mol. The molecule has 6 saturated carbocycles. The van der Waals surface area contributed by atoms with Gasteiger partial charge in [-0.2, -0.15) is 0 Å². The summed E-state index contributed by atoms with van der Waals surface area (Å²) in [7, 11) is 0. The van der Waals surface area contributed by atoms with Crippen LogP contribution in [0.2, 0.25) is 0 Å². The monoisotopic (exact) mass is 1320 g/mol. The van der Waals surface area contributed by atoms with E-state index in [1.807, 2.05) is 27.7 Å². The van der Waals surface area contributed by atoms with E-state index >= 15 is 0 Å². The van der Waals surface area contributed by atoms with Crippen LogP contribution in [0.1, 0.15) is 134 Å². The first-order chi connectivity index (χ1) is 42.9. The van der Waals surface area contributed by atoms with E-state index in [0.717, 1.165) is 0 Å². The number of carboxylic acid groups (broad SMARTS) is 1. The van der Waals surface area contributed by atoms with Gasteiger partial charge in [0.2, 0.25) is 0 Å². The highest BCUT2D eigenvalue weighted by atomic mass is 16.8. The molecule has 28 nitrogen and oxygen atoms in total. The van der Waals surface area contributed by atoms with Gasteiger partial charge in [0.15, 0.2) is 43.7 Å². The second-order valence-electron chi connectivity index (χ2n) is 30.2. The van der Waals surface area contributed by atoms with Crippen LogP contribution in [0.3, 0.4) is 0 Å². The third kappa shape index (κ3) is 11.0. The number of rotatable bonds is 15. The van der Waals surface area contributed by atoms with Gasteiger partial charge in [-0.25, -0.2) is 14.4 Å². The fourth-order valence-electron chi connectivity index (χ4n) is 19.5. The van der Waals surface area contributed by atoms with E-state index in [2.05, 4.69) is 20.8 Å². The van der Waals surface area contributed by atoms with E-state index in [1.165, 1.54) is 0 Å². The molecule has 524 valence electrons. The van der Waals surface area contributed by atoms with Crippen LogP contribution in [0.15, 0.2) is 23.3 Å². The summed E-state index contributed by atoms with van der Waals surface area (Å²) in [6, 6.07) is 0. The number of carboxylic acids is 1. The van der Waals surface area contributed by atoms with Crippen molar-refractivity contribution in [2.75, 3.05) is 13.2 Å². The van der Waals surface area contributed by atoms with Gasteiger partial charge in [0.1, 0.15) is 79.4 Å². The maximum Gasteiger partial charge on any atom is 0.335 e. The highest BCUT2D eigenvalue weighted by Crippen LogP contribution is 2.82. The summed E-state index contributed by atoms with van der Waals surface area (Å²) >= 11 is 0. The molecule has 1 spiro atoms. The molecule has 0 amide bonds. The number of carbonyl (C=O) groups excluding carboxylic acids is 2. The molecule has 0 aromatic carbocycles. The van der Waals surface area contributed by atoms with Crippen LogP contribution >= 0.6 is 0 Å². The van der Waals surface area contributed by atoms with Crippen LogP contribution in [-0.4, -0.2) is 261 Å². The van der Waals surface area contributed by atoms with E-state index in [0.29, 0.717) is 50.5 Å². The van der Waals surface area contributed by atoms with E-state index < -0.39 is 228 Å². The summed E-state index contributed by atoms with van der Waals surface area (Å²) in [5.74, 6) is -4.98. The topological polar surface area (TPSA) is 447 Å². The summed E-state index contributed by atoms with van der Waals surface area (Å²) in [5, 5.41) is 168. The lowest BCUT2D eigenvalue weighted by atomic mass is 9.30. The number of aliphatic carboxylic acids is 1. The van der Waals surface area contributed by atoms with Crippen molar-refractivity contribution in [2.45, 2.75) is 287 Å². The molecule has 92 heavy (non-hydrogen) atoms. The van der Waals surface area contributed by atoms with Gasteiger partial charge in [-0.05, 0) is 114 Å². The number of esters is 2. The Balaban J connectivity index is 0.976. The molecule has 4 aliphatic heterocycles. The quantitative estimate of drug-likeness (QED) is 0.0512. The minimum absolute atomic E-state index is 0.0647. The first-order valence-electron chi connectivity index (χ1n) is 32.5. The standard InChI is InChI=1S/C64H100O28/c1-12-25(3)51(79)89-48-49(90-52(80)26(4)13-2)64-32(21-58(48,5)6)63(92-57(64)82)19-15-31-60(9)17-16-34(59(7,8)30(60)14-18-61(31,10)62(63,11)22-33(64)67)85-56-47(83-28-20-27(23-65)35(68)38(71)36(28)69)44(43(76)45(87-56)50(77)78)86-55-46(40(73)37(70)29(24-66)84-55)88-54-42(75)39(72)41(74)53(81)91-54/h12-13,27-49,53-57,65-76,81-82H,14-24H2,1-11H3,(H,77,78). The van der Waals surface area contributed by atoms with Gasteiger partial charge in [0.25, 0.3) is 0 Å². The lowest BCUT2D eigenvalue weighted by Crippen LogP contribution is -2.77. The SMILES string of the molecule is CC=C(C)C(=O)OC1C(OC(=O)C(C)=CC)C23C(O)CC4(C)C5(C)CCC6C(C)(C)C(OC7OC(C(=O)O)C(O)C(OC8OC(CO)C(O)C(O)C8OC8OC(O)C(O)C(O)C8O)C7OC7CC(CO)C(O)C(O)C7O)CCC6(C)C5CCC4(OC2O)C3CC1(C)C. The molecule has 28 heteroatoms. The zero-order valence-electron chi connectivity index (χ0n) is 54.1. The summed E-state index contributed by atoms with van der Waals surface area (Å²) < 4.78 is 63.1. The second-order valence-corrected chi connectivity index (χ2v) is 30.2. The van der Waals surface area contributed by atoms with Crippen LogP contribution < -0.4 is 0 Å². The van der Waals surface area contributed by atoms with E-state index in [1.54, 1.807) is 39.8 Å². The summed E-state index contributed by atoms with van der Waals surface area (Å²) in [6.07, 6.45) is -37.7. The first kappa shape index (κ1) is 71.8. The van der Waals surface area contributed by atoms with Gasteiger partial charge < -0.3 is 124 Å². The number of hydrogen-bond acceptors (Lipinski definition) is 27. The molecule has 33 atom stereocenters. The van der Waals surface area contributed by atoms with Crippen LogP contribution in [0, 0.1) is 56.2 Å². The molecular formula is C64H100O28. The Morgan fingerprint density at radius 3 is 1.76 bits per heavy atom. The third-order valence-electron chi connectivity index (χ3n) is 25.0. The van der Waals surface area contributed by atoms with Crippen molar-refractivity contribution < 1.29 is 138 Å². The normalized spacial score (nSPS) is 52.4. The molecule has 2 bridgehead atoms. The van der Waals surface area contributed by atoms with E-state index in [9.17, 15) is 91.0 Å². The summed E-state index contributed by atoms with van der Waals surface area (Å²) in [4.78, 5) is 41.0. The molecule has 33 unspecified atom stereocenters. The van der Waals surface area contributed by atoms with Crippen molar-refractivity contribution in [1.82, 2.24) is 0 Å². The van der Waals surface area contributed by atoms with Crippen LogP contribution in [0.5, 0.6) is 0 Å². The van der Waals surface area contributed by atoms with Crippen molar-refractivity contribution in [3.63, 3.8) is 0 Å². The Morgan fingerprint density at radius 2 is 1.15 bits per heavy atom. The van der Waals surface area contributed by atoms with Gasteiger partial charge >= 0.3 is 17.9 Å². The maximum atomic E-state index is 14.0. The molecule has 0 aromatic heterocycles. The van der Waals surface area contributed by atoms with Crippen molar-refractivity contribution in [2.24, 2.45) is 56.2 Å². The Hall–Kier alpha value is -2.99. The average Bonchev–Trinajstić information content (AvgIpc) is 1.37. The lowest BCUT2D eigenvalue weighted by molar-refractivity contribution is -0.404. The molecule has 4 saturated heterocycles. The Labute approximate surface area is 534 Å². The molecule has 10 aliphatic rings. The fraction of sp³-hybridized carbons (Fsp3) is 0.891. The predicted octanol–water partition coefficient (Wildman–Crippen LogP) is -1.34. The van der Waals surface area contributed by atoms with Gasteiger partial charge in [0, 0.05) is 40.4 Å². The number of aliphatic hydroxyl groups excluding tert-OH is 14. The smallest absolute Gasteiger partial charge is 0.335 e. The predicted molar refractivity (Wildman–Crippen MR) is 312 cm³/mol. The fourth-order valence-corrected chi connectivity index (χ4v) is 19.5. The van der Waals surface area contributed by atoms with Crippen molar-refractivity contribution in [1.29, 1.82) is 0 Å².